The van der Waals surface area contributed by atoms with Crippen molar-refractivity contribution in [3.8, 4) is 0 Å². The van der Waals surface area contributed by atoms with Crippen LogP contribution >= 0.6 is 11.8 Å². The Balaban J connectivity index is 1.95. The van der Waals surface area contributed by atoms with Crippen molar-refractivity contribution in [2.45, 2.75) is 56.8 Å². The van der Waals surface area contributed by atoms with Gasteiger partial charge in [0.2, 0.25) is 0 Å². The highest BCUT2D eigenvalue weighted by Gasteiger charge is 2.35. The minimum atomic E-state index is -0.320. The van der Waals surface area contributed by atoms with Gasteiger partial charge in [-0.15, -0.1) is 11.8 Å². The number of nitrogens with one attached hydrogen (secondary N) is 3. The Morgan fingerprint density at radius 2 is 2.21 bits per heavy atom. The predicted octanol–water partition coefficient (Wildman–Crippen LogP) is 1.77. The second kappa shape index (κ2) is 10.1. The first-order valence-corrected chi connectivity index (χ1v) is 11.2. The monoisotopic (exact) mass is 419 g/mol. The molecule has 1 aromatic rings. The number of aliphatic hydroxyl groups excluding tert-OH is 1. The Labute approximate surface area is 174 Å². The average Bonchev–Trinajstić information content (AvgIpc) is 3.56. The fourth-order valence-corrected chi connectivity index (χ4v) is 4.61. The molecule has 1 aliphatic carbocycles. The van der Waals surface area contributed by atoms with Crippen LogP contribution in [0.3, 0.4) is 0 Å². The van der Waals surface area contributed by atoms with Crippen LogP contribution in [0.2, 0.25) is 0 Å². The molecule has 1 fully saturated rings. The molecule has 2 heterocycles. The van der Waals surface area contributed by atoms with E-state index in [9.17, 15) is 9.59 Å². The first-order chi connectivity index (χ1) is 14.1. The van der Waals surface area contributed by atoms with Gasteiger partial charge in [-0.25, -0.2) is 5.10 Å². The Hall–Kier alpha value is -2.13. The second-order valence-corrected chi connectivity index (χ2v) is 8.36. The van der Waals surface area contributed by atoms with Crippen LogP contribution in [0.15, 0.2) is 20.4 Å². The van der Waals surface area contributed by atoms with Crippen molar-refractivity contribution in [1.29, 1.82) is 0 Å². The van der Waals surface area contributed by atoms with Crippen LogP contribution in [0, 0.1) is 0 Å². The van der Waals surface area contributed by atoms with E-state index in [1.807, 2.05) is 13.8 Å². The Kier molecular flexibility index (Phi) is 7.49. The smallest absolute Gasteiger partial charge is 0.273 e. The van der Waals surface area contributed by atoms with Crippen LogP contribution in [0.4, 0.5) is 0 Å². The molecule has 0 aromatic carbocycles. The standard InChI is InChI=1S/C20H29N5O3S/c1-3-22-23-12(2)5-6-14-11-29-18-16(15(14)19(27)21-9-4-10-26)20(28)25-24-17(18)13-7-8-13/h13,22,26H,3-11H2,1-2H3,(H,21,27)(H,25,28)/b23-12-. The lowest BCUT2D eigenvalue weighted by atomic mass is 9.95. The average molecular weight is 420 g/mol. The number of H-pyrrole nitrogens is 1. The number of hydrazone groups is 1. The molecule has 8 nitrogen and oxygen atoms in total. The lowest BCUT2D eigenvalue weighted by molar-refractivity contribution is -0.115. The molecule has 29 heavy (non-hydrogen) atoms. The molecule has 1 aromatic heterocycles. The molecule has 9 heteroatoms. The lowest BCUT2D eigenvalue weighted by Gasteiger charge is -2.23. The molecule has 4 N–H and O–H groups in total. The number of amides is 1. The Morgan fingerprint density at radius 1 is 1.41 bits per heavy atom. The van der Waals surface area contributed by atoms with Gasteiger partial charge in [0.05, 0.1) is 16.8 Å². The largest absolute Gasteiger partial charge is 0.396 e. The molecule has 0 unspecified atom stereocenters. The summed E-state index contributed by atoms with van der Waals surface area (Å²) in [6.45, 7) is 5.08. The van der Waals surface area contributed by atoms with Gasteiger partial charge in [-0.3, -0.25) is 9.59 Å². The summed E-state index contributed by atoms with van der Waals surface area (Å²) in [6.07, 6.45) is 3.99. The van der Waals surface area contributed by atoms with Gasteiger partial charge in [0.25, 0.3) is 11.5 Å². The second-order valence-electron chi connectivity index (χ2n) is 7.38. The third-order valence-corrected chi connectivity index (χ3v) is 6.18. The molecule has 1 saturated carbocycles. The van der Waals surface area contributed by atoms with E-state index in [0.717, 1.165) is 41.3 Å². The number of carbonyl (C=O) groups excluding carboxylic acids is 1. The molecule has 2 aliphatic rings. The van der Waals surface area contributed by atoms with Gasteiger partial charge in [-0.1, -0.05) is 0 Å². The zero-order valence-electron chi connectivity index (χ0n) is 17.0. The van der Waals surface area contributed by atoms with Crippen molar-refractivity contribution >= 4 is 29.0 Å². The molecule has 0 saturated heterocycles. The predicted molar refractivity (Wildman–Crippen MR) is 115 cm³/mol. The van der Waals surface area contributed by atoms with Gasteiger partial charge in [0, 0.05) is 42.0 Å². The summed E-state index contributed by atoms with van der Waals surface area (Å²) in [4.78, 5) is 26.6. The van der Waals surface area contributed by atoms with Gasteiger partial charge in [-0.05, 0) is 51.5 Å². The fraction of sp³-hybridized carbons (Fsp3) is 0.600. The van der Waals surface area contributed by atoms with E-state index in [-0.39, 0.29) is 18.1 Å². The van der Waals surface area contributed by atoms with Crippen LogP contribution in [0.25, 0.3) is 5.57 Å². The van der Waals surface area contributed by atoms with Crippen LogP contribution in [-0.4, -0.2) is 52.4 Å². The van der Waals surface area contributed by atoms with Crippen LogP contribution in [-0.2, 0) is 4.79 Å². The van der Waals surface area contributed by atoms with Crippen molar-refractivity contribution in [2.24, 2.45) is 5.10 Å². The number of hydrogen-bond donors (Lipinski definition) is 4. The molecule has 0 bridgehead atoms. The number of fused-ring (bicyclic) bond motifs is 1. The third-order valence-electron chi connectivity index (χ3n) is 4.99. The van der Waals surface area contributed by atoms with E-state index in [1.54, 1.807) is 11.8 Å². The minimum absolute atomic E-state index is 0.00897. The van der Waals surface area contributed by atoms with E-state index in [0.29, 0.717) is 48.6 Å². The molecule has 0 spiro atoms. The maximum absolute atomic E-state index is 13.0. The van der Waals surface area contributed by atoms with Crippen molar-refractivity contribution < 1.29 is 9.90 Å². The number of aliphatic hydroxyl groups is 1. The lowest BCUT2D eigenvalue weighted by Crippen LogP contribution is -2.32. The Bertz CT molecular complexity index is 873. The highest BCUT2D eigenvalue weighted by molar-refractivity contribution is 7.99. The van der Waals surface area contributed by atoms with Crippen molar-refractivity contribution in [2.75, 3.05) is 25.4 Å². The molecule has 1 amide bonds. The molecule has 0 radical (unpaired) electrons. The van der Waals surface area contributed by atoms with Crippen molar-refractivity contribution in [1.82, 2.24) is 20.9 Å². The maximum Gasteiger partial charge on any atom is 0.273 e. The molecule has 3 rings (SSSR count). The third kappa shape index (κ3) is 5.27. The van der Waals surface area contributed by atoms with E-state index in [4.69, 9.17) is 5.11 Å². The van der Waals surface area contributed by atoms with Gasteiger partial charge >= 0.3 is 0 Å². The quantitative estimate of drug-likeness (QED) is 0.261. The topological polar surface area (TPSA) is 119 Å². The van der Waals surface area contributed by atoms with Crippen molar-refractivity contribution in [3.05, 3.63) is 27.2 Å². The van der Waals surface area contributed by atoms with Gasteiger partial charge < -0.3 is 15.8 Å². The number of thioether (sulfide) groups is 1. The zero-order valence-corrected chi connectivity index (χ0v) is 17.8. The Morgan fingerprint density at radius 3 is 2.90 bits per heavy atom. The van der Waals surface area contributed by atoms with Crippen LogP contribution in [0.1, 0.15) is 63.1 Å². The minimum Gasteiger partial charge on any atom is -0.396 e. The van der Waals surface area contributed by atoms with Crippen LogP contribution in [0.5, 0.6) is 0 Å². The van der Waals surface area contributed by atoms with Gasteiger partial charge in [0.1, 0.15) is 0 Å². The zero-order chi connectivity index (χ0) is 20.8. The molecular formula is C20H29N5O3S. The van der Waals surface area contributed by atoms with Crippen LogP contribution < -0.4 is 16.3 Å². The molecular weight excluding hydrogens is 390 g/mol. The van der Waals surface area contributed by atoms with E-state index in [2.05, 4.69) is 26.0 Å². The van der Waals surface area contributed by atoms with E-state index >= 15 is 0 Å². The van der Waals surface area contributed by atoms with Gasteiger partial charge in [-0.2, -0.15) is 10.2 Å². The SMILES string of the molecule is CCN/N=C(/C)CCC1=C(C(=O)NCCCO)c2c(c(C3CC3)n[nH]c2=O)SC1. The molecule has 158 valence electrons. The van der Waals surface area contributed by atoms with E-state index in [1.165, 1.54) is 0 Å². The normalized spacial score (nSPS) is 16.6. The summed E-state index contributed by atoms with van der Waals surface area (Å²) in [5.41, 5.74) is 6.38. The summed E-state index contributed by atoms with van der Waals surface area (Å²) in [5, 5.41) is 23.1. The number of rotatable bonds is 10. The summed E-state index contributed by atoms with van der Waals surface area (Å²) in [7, 11) is 0. The first-order valence-electron chi connectivity index (χ1n) is 10.2. The number of aromatic nitrogens is 2. The van der Waals surface area contributed by atoms with Crippen molar-refractivity contribution in [3.63, 3.8) is 0 Å². The number of aromatic amines is 1. The number of nitrogens with zero attached hydrogens (tertiary/aromatic N) is 2. The first kappa shape index (κ1) is 21.6. The van der Waals surface area contributed by atoms with Gasteiger partial charge in [0.15, 0.2) is 0 Å². The fourth-order valence-electron chi connectivity index (χ4n) is 3.31. The highest BCUT2D eigenvalue weighted by atomic mass is 32.2. The highest BCUT2D eigenvalue weighted by Crippen LogP contribution is 2.47. The summed E-state index contributed by atoms with van der Waals surface area (Å²) < 4.78 is 0. The summed E-state index contributed by atoms with van der Waals surface area (Å²) in [6, 6.07) is 0. The molecule has 1 aliphatic heterocycles. The number of hydrogen-bond acceptors (Lipinski definition) is 7. The van der Waals surface area contributed by atoms with E-state index < -0.39 is 0 Å². The molecule has 0 atom stereocenters. The summed E-state index contributed by atoms with van der Waals surface area (Å²) >= 11 is 1.61. The summed E-state index contributed by atoms with van der Waals surface area (Å²) in [5.74, 6) is 0.785. The number of carbonyl (C=O) groups is 1. The maximum atomic E-state index is 13.0.